The van der Waals surface area contributed by atoms with Crippen LogP contribution in [0.5, 0.6) is 0 Å². The summed E-state index contributed by atoms with van der Waals surface area (Å²) in [6.07, 6.45) is 0. The molecule has 6 nitrogen and oxygen atoms in total. The Balaban J connectivity index is 2.86. The van der Waals surface area contributed by atoms with E-state index < -0.39 is 15.6 Å². The average molecular weight is 313 g/mol. The minimum Gasteiger partial charge on any atom is -0.398 e. The number of carbonyl (C=O) groups excluding carboxylic acids is 1. The molecule has 0 fully saturated rings. The second-order valence-electron chi connectivity index (χ2n) is 6.08. The van der Waals surface area contributed by atoms with Gasteiger partial charge in [-0.2, -0.15) is 0 Å². The third kappa shape index (κ3) is 5.02. The van der Waals surface area contributed by atoms with Crippen LogP contribution in [0, 0.1) is 13.8 Å². The molecule has 7 heteroatoms. The predicted molar refractivity (Wildman–Crippen MR) is 83.4 cm³/mol. The van der Waals surface area contributed by atoms with Crippen molar-refractivity contribution in [3.05, 3.63) is 23.3 Å². The molecule has 0 aliphatic carbocycles. The van der Waals surface area contributed by atoms with Crippen molar-refractivity contribution in [2.75, 3.05) is 12.3 Å². The zero-order chi connectivity index (χ0) is 16.4. The number of carbonyl (C=O) groups is 1. The molecule has 118 valence electrons. The first-order chi connectivity index (χ1) is 9.42. The van der Waals surface area contributed by atoms with Crippen LogP contribution in [0.2, 0.25) is 0 Å². The van der Waals surface area contributed by atoms with E-state index in [0.717, 1.165) is 11.1 Å². The Morgan fingerprint density at radius 2 is 1.81 bits per heavy atom. The van der Waals surface area contributed by atoms with Crippen LogP contribution in [0.25, 0.3) is 0 Å². The fourth-order valence-electron chi connectivity index (χ4n) is 1.71. The van der Waals surface area contributed by atoms with E-state index in [0.29, 0.717) is 5.69 Å². The molecule has 0 bridgehead atoms. The van der Waals surface area contributed by atoms with Crippen LogP contribution in [-0.4, -0.2) is 26.4 Å². The lowest BCUT2D eigenvalue weighted by atomic mass is 10.1. The molecule has 0 saturated carbocycles. The number of nitrogens with two attached hydrogens (primary N) is 1. The standard InChI is InChI=1S/C14H23N3O3S/c1-9-6-11(7-12(15)10(9)2)21(19,20)16-8-13(18)17-14(3,4)5/h6-7,16H,8,15H2,1-5H3,(H,17,18). The SMILES string of the molecule is Cc1cc(S(=O)(=O)NCC(=O)NC(C)(C)C)cc(N)c1C. The molecule has 1 aromatic carbocycles. The first-order valence-corrected chi connectivity index (χ1v) is 8.08. The molecule has 0 aliphatic rings. The monoisotopic (exact) mass is 313 g/mol. The molecule has 0 aromatic heterocycles. The maximum absolute atomic E-state index is 12.2. The molecule has 0 unspecified atom stereocenters. The maximum Gasteiger partial charge on any atom is 0.241 e. The molecule has 4 N–H and O–H groups in total. The van der Waals surface area contributed by atoms with Gasteiger partial charge in [0.05, 0.1) is 11.4 Å². The number of aryl methyl sites for hydroxylation is 1. The lowest BCUT2D eigenvalue weighted by molar-refractivity contribution is -0.121. The highest BCUT2D eigenvalue weighted by Gasteiger charge is 2.19. The number of hydrogen-bond donors (Lipinski definition) is 3. The number of amides is 1. The number of sulfonamides is 1. The number of nitrogens with one attached hydrogen (secondary N) is 2. The third-order valence-corrected chi connectivity index (χ3v) is 4.31. The van der Waals surface area contributed by atoms with E-state index in [1.807, 2.05) is 27.7 Å². The van der Waals surface area contributed by atoms with Crippen LogP contribution < -0.4 is 15.8 Å². The highest BCUT2D eigenvalue weighted by Crippen LogP contribution is 2.21. The van der Waals surface area contributed by atoms with Gasteiger partial charge >= 0.3 is 0 Å². The lowest BCUT2D eigenvalue weighted by Crippen LogP contribution is -2.45. The van der Waals surface area contributed by atoms with Gasteiger partial charge in [0.1, 0.15) is 0 Å². The topological polar surface area (TPSA) is 101 Å². The van der Waals surface area contributed by atoms with E-state index in [2.05, 4.69) is 10.0 Å². The van der Waals surface area contributed by atoms with Gasteiger partial charge in [-0.25, -0.2) is 13.1 Å². The van der Waals surface area contributed by atoms with Crippen molar-refractivity contribution in [3.8, 4) is 0 Å². The molecule has 0 radical (unpaired) electrons. The minimum atomic E-state index is -3.76. The van der Waals surface area contributed by atoms with Gasteiger partial charge in [-0.15, -0.1) is 0 Å². The van der Waals surface area contributed by atoms with E-state index >= 15 is 0 Å². The quantitative estimate of drug-likeness (QED) is 0.724. The van der Waals surface area contributed by atoms with Gasteiger partial charge in [-0.05, 0) is 57.9 Å². The van der Waals surface area contributed by atoms with Crippen LogP contribution in [0.15, 0.2) is 17.0 Å². The number of rotatable bonds is 4. The molecule has 1 amide bonds. The number of anilines is 1. The summed E-state index contributed by atoms with van der Waals surface area (Å²) in [6.45, 7) is 8.77. The highest BCUT2D eigenvalue weighted by atomic mass is 32.2. The Morgan fingerprint density at radius 3 is 2.29 bits per heavy atom. The summed E-state index contributed by atoms with van der Waals surface area (Å²) < 4.78 is 26.6. The Morgan fingerprint density at radius 1 is 1.24 bits per heavy atom. The van der Waals surface area contributed by atoms with E-state index in [4.69, 9.17) is 5.73 Å². The Labute approximate surface area is 126 Å². The van der Waals surface area contributed by atoms with Gasteiger partial charge < -0.3 is 11.1 Å². The van der Waals surface area contributed by atoms with Crippen LogP contribution >= 0.6 is 0 Å². The smallest absolute Gasteiger partial charge is 0.241 e. The summed E-state index contributed by atoms with van der Waals surface area (Å²) in [7, 11) is -3.76. The minimum absolute atomic E-state index is 0.0617. The Kier molecular flexibility index (Phi) is 5.01. The maximum atomic E-state index is 12.2. The fourth-order valence-corrected chi connectivity index (χ4v) is 2.82. The first-order valence-electron chi connectivity index (χ1n) is 6.60. The van der Waals surface area contributed by atoms with Crippen molar-refractivity contribution >= 4 is 21.6 Å². The van der Waals surface area contributed by atoms with Gasteiger partial charge in [-0.3, -0.25) is 4.79 Å². The lowest BCUT2D eigenvalue weighted by Gasteiger charge is -2.20. The molecule has 0 atom stereocenters. The zero-order valence-electron chi connectivity index (χ0n) is 13.1. The van der Waals surface area contributed by atoms with Crippen LogP contribution in [0.4, 0.5) is 5.69 Å². The van der Waals surface area contributed by atoms with E-state index in [-0.39, 0.29) is 17.3 Å². The summed E-state index contributed by atoms with van der Waals surface area (Å²) >= 11 is 0. The summed E-state index contributed by atoms with van der Waals surface area (Å²) in [5, 5.41) is 2.68. The number of hydrogen-bond acceptors (Lipinski definition) is 4. The molecule has 0 aliphatic heterocycles. The van der Waals surface area contributed by atoms with Crippen molar-refractivity contribution in [2.24, 2.45) is 0 Å². The van der Waals surface area contributed by atoms with E-state index in [9.17, 15) is 13.2 Å². The molecular formula is C14H23N3O3S. The van der Waals surface area contributed by atoms with Crippen LogP contribution in [0.1, 0.15) is 31.9 Å². The zero-order valence-corrected chi connectivity index (χ0v) is 13.9. The van der Waals surface area contributed by atoms with Crippen LogP contribution in [-0.2, 0) is 14.8 Å². The normalized spacial score (nSPS) is 12.2. The van der Waals surface area contributed by atoms with Gasteiger partial charge in [0, 0.05) is 11.2 Å². The molecule has 0 saturated heterocycles. The Hall–Kier alpha value is -1.60. The second kappa shape index (κ2) is 6.03. The van der Waals surface area contributed by atoms with Crippen LogP contribution in [0.3, 0.4) is 0 Å². The number of nitrogen functional groups attached to an aromatic ring is 1. The van der Waals surface area contributed by atoms with E-state index in [1.165, 1.54) is 12.1 Å². The second-order valence-corrected chi connectivity index (χ2v) is 7.84. The summed E-state index contributed by atoms with van der Waals surface area (Å²) in [4.78, 5) is 11.7. The molecule has 1 rings (SSSR count). The van der Waals surface area contributed by atoms with Crippen molar-refractivity contribution in [1.29, 1.82) is 0 Å². The van der Waals surface area contributed by atoms with Gasteiger partial charge in [0.15, 0.2) is 0 Å². The molecule has 0 heterocycles. The average Bonchev–Trinajstić information content (AvgIpc) is 2.31. The van der Waals surface area contributed by atoms with Crippen molar-refractivity contribution in [2.45, 2.75) is 45.1 Å². The Bertz CT molecular complexity index is 623. The van der Waals surface area contributed by atoms with Gasteiger partial charge in [0.25, 0.3) is 0 Å². The molecule has 21 heavy (non-hydrogen) atoms. The van der Waals surface area contributed by atoms with E-state index in [1.54, 1.807) is 6.92 Å². The van der Waals surface area contributed by atoms with Crippen molar-refractivity contribution in [1.82, 2.24) is 10.0 Å². The number of benzene rings is 1. The fraction of sp³-hybridized carbons (Fsp3) is 0.500. The molecular weight excluding hydrogens is 290 g/mol. The summed E-state index contributed by atoms with van der Waals surface area (Å²) in [5.74, 6) is -0.386. The molecule has 1 aromatic rings. The van der Waals surface area contributed by atoms with Crippen molar-refractivity contribution in [3.63, 3.8) is 0 Å². The summed E-state index contributed by atoms with van der Waals surface area (Å²) in [6, 6.07) is 2.93. The predicted octanol–water partition coefficient (Wildman–Crippen LogP) is 1.08. The largest absolute Gasteiger partial charge is 0.398 e. The van der Waals surface area contributed by atoms with Gasteiger partial charge in [0.2, 0.25) is 15.9 Å². The third-order valence-electron chi connectivity index (χ3n) is 2.93. The van der Waals surface area contributed by atoms with Crippen molar-refractivity contribution < 1.29 is 13.2 Å². The van der Waals surface area contributed by atoms with Gasteiger partial charge in [-0.1, -0.05) is 0 Å². The molecule has 0 spiro atoms. The first kappa shape index (κ1) is 17.5. The highest BCUT2D eigenvalue weighted by molar-refractivity contribution is 7.89. The summed E-state index contributed by atoms with van der Waals surface area (Å²) in [5.41, 5.74) is 7.42.